The number of hydrogen-bond acceptors (Lipinski definition) is 6. The Balaban J connectivity index is 1.37. The minimum atomic E-state index is -0.0953. The predicted molar refractivity (Wildman–Crippen MR) is 121 cm³/mol. The van der Waals surface area contributed by atoms with Crippen LogP contribution in [0.5, 0.6) is 0 Å². The second kappa shape index (κ2) is 9.21. The molecular weight excluding hydrogens is 438 g/mol. The summed E-state index contributed by atoms with van der Waals surface area (Å²) in [5.41, 5.74) is 3.66. The van der Waals surface area contributed by atoms with Crippen LogP contribution in [0.3, 0.4) is 0 Å². The summed E-state index contributed by atoms with van der Waals surface area (Å²) in [6.07, 6.45) is 6.14. The number of rotatable bonds is 6. The molecule has 1 aromatic carbocycles. The first-order chi connectivity index (χ1) is 14.6. The number of aromatic nitrogens is 3. The molecule has 0 saturated carbocycles. The van der Waals surface area contributed by atoms with Gasteiger partial charge in [-0.15, -0.1) is 21.5 Å². The molecule has 9 heteroatoms. The van der Waals surface area contributed by atoms with Gasteiger partial charge < -0.3 is 5.32 Å². The molecule has 1 amide bonds. The molecule has 0 aliphatic heterocycles. The number of anilines is 1. The molecule has 1 N–H and O–H groups in total. The zero-order valence-corrected chi connectivity index (χ0v) is 18.8. The van der Waals surface area contributed by atoms with E-state index in [1.165, 1.54) is 16.6 Å². The van der Waals surface area contributed by atoms with Crippen LogP contribution < -0.4 is 5.32 Å². The van der Waals surface area contributed by atoms with Crippen molar-refractivity contribution in [1.29, 1.82) is 5.26 Å². The lowest BCUT2D eigenvalue weighted by Crippen LogP contribution is -2.12. The van der Waals surface area contributed by atoms with Crippen molar-refractivity contribution < 1.29 is 4.79 Å². The fourth-order valence-electron chi connectivity index (χ4n) is 3.43. The van der Waals surface area contributed by atoms with Gasteiger partial charge in [-0.1, -0.05) is 29.4 Å². The standard InChI is InChI=1S/C21H20ClN5OS2/c1-13-6-7-14(10-17(13)22)27-12-24-26-21(27)29-9-8-19(28)25-20-16(11-23)15-4-2-3-5-18(15)30-20/h6-7,10,12H,2-5,8-9H2,1H3,(H,25,28). The van der Waals surface area contributed by atoms with E-state index in [0.29, 0.717) is 32.9 Å². The normalized spacial score (nSPS) is 13.0. The highest BCUT2D eigenvalue weighted by molar-refractivity contribution is 7.99. The van der Waals surface area contributed by atoms with Gasteiger partial charge in [-0.25, -0.2) is 0 Å². The van der Waals surface area contributed by atoms with Crippen LogP contribution in [0.4, 0.5) is 5.00 Å². The van der Waals surface area contributed by atoms with Crippen molar-refractivity contribution in [1.82, 2.24) is 14.8 Å². The summed E-state index contributed by atoms with van der Waals surface area (Å²) in [6.45, 7) is 1.95. The molecule has 0 spiro atoms. The summed E-state index contributed by atoms with van der Waals surface area (Å²) in [5.74, 6) is 0.457. The average molecular weight is 458 g/mol. The van der Waals surface area contributed by atoms with Gasteiger partial charge in [0, 0.05) is 22.1 Å². The smallest absolute Gasteiger partial charge is 0.225 e. The largest absolute Gasteiger partial charge is 0.317 e. The van der Waals surface area contributed by atoms with Crippen LogP contribution in [0, 0.1) is 18.3 Å². The van der Waals surface area contributed by atoms with E-state index in [1.54, 1.807) is 17.7 Å². The Bertz CT molecular complexity index is 1130. The number of hydrogen-bond donors (Lipinski definition) is 1. The van der Waals surface area contributed by atoms with Crippen molar-refractivity contribution in [3.8, 4) is 11.8 Å². The number of aryl methyl sites for hydroxylation is 2. The van der Waals surface area contributed by atoms with Crippen molar-refractivity contribution in [2.24, 2.45) is 0 Å². The summed E-state index contributed by atoms with van der Waals surface area (Å²) in [5, 5.41) is 22.7. The van der Waals surface area contributed by atoms with Crippen LogP contribution in [0.2, 0.25) is 5.02 Å². The van der Waals surface area contributed by atoms with Gasteiger partial charge in [0.1, 0.15) is 17.4 Å². The molecule has 2 aromatic heterocycles. The van der Waals surface area contributed by atoms with Crippen LogP contribution in [0.15, 0.2) is 29.7 Å². The molecule has 6 nitrogen and oxygen atoms in total. The lowest BCUT2D eigenvalue weighted by Gasteiger charge is -2.09. The summed E-state index contributed by atoms with van der Waals surface area (Å²) < 4.78 is 1.86. The number of amides is 1. The molecule has 0 saturated heterocycles. The van der Waals surface area contributed by atoms with Crippen molar-refractivity contribution in [2.75, 3.05) is 11.1 Å². The maximum absolute atomic E-state index is 12.5. The fourth-order valence-corrected chi connectivity index (χ4v) is 5.73. The van der Waals surface area contributed by atoms with Crippen molar-refractivity contribution in [3.63, 3.8) is 0 Å². The topological polar surface area (TPSA) is 83.6 Å². The number of nitrogens with one attached hydrogen (secondary N) is 1. The Kier molecular flexibility index (Phi) is 6.42. The predicted octanol–water partition coefficient (Wildman–Crippen LogP) is 5.16. The number of thiophene rings is 1. The Morgan fingerprint density at radius 1 is 1.40 bits per heavy atom. The third kappa shape index (κ3) is 4.38. The number of nitriles is 1. The van der Waals surface area contributed by atoms with Crippen LogP contribution >= 0.6 is 34.7 Å². The van der Waals surface area contributed by atoms with Gasteiger partial charge in [-0.05, 0) is 55.9 Å². The molecule has 0 unspecified atom stereocenters. The van der Waals surface area contributed by atoms with Gasteiger partial charge in [0.15, 0.2) is 5.16 Å². The van der Waals surface area contributed by atoms with Gasteiger partial charge >= 0.3 is 0 Å². The zero-order chi connectivity index (χ0) is 21.1. The minimum absolute atomic E-state index is 0.0953. The molecule has 0 atom stereocenters. The van der Waals surface area contributed by atoms with Crippen LogP contribution in [-0.4, -0.2) is 26.4 Å². The molecule has 3 aromatic rings. The lowest BCUT2D eigenvalue weighted by atomic mass is 9.96. The van der Waals surface area contributed by atoms with E-state index < -0.39 is 0 Å². The van der Waals surface area contributed by atoms with E-state index in [9.17, 15) is 10.1 Å². The molecule has 154 valence electrons. The fraction of sp³-hybridized carbons (Fsp3) is 0.333. The first-order valence-electron chi connectivity index (χ1n) is 9.70. The number of fused-ring (bicyclic) bond motifs is 1. The molecule has 0 bridgehead atoms. The number of thioether (sulfide) groups is 1. The third-order valence-corrected chi connectivity index (χ3v) is 7.61. The van der Waals surface area contributed by atoms with Crippen molar-refractivity contribution in [2.45, 2.75) is 44.2 Å². The third-order valence-electron chi connectivity index (χ3n) is 5.05. The molecule has 0 fully saturated rings. The number of benzene rings is 1. The van der Waals surface area contributed by atoms with Crippen molar-refractivity contribution >= 4 is 45.6 Å². The molecule has 1 aliphatic carbocycles. The highest BCUT2D eigenvalue weighted by atomic mass is 35.5. The van der Waals surface area contributed by atoms with E-state index in [0.717, 1.165) is 42.5 Å². The van der Waals surface area contributed by atoms with E-state index in [4.69, 9.17) is 11.6 Å². The summed E-state index contributed by atoms with van der Waals surface area (Å²) in [4.78, 5) is 13.7. The average Bonchev–Trinajstić information content (AvgIpc) is 3.34. The molecule has 1 aliphatic rings. The van der Waals surface area contributed by atoms with Crippen LogP contribution in [0.25, 0.3) is 5.69 Å². The van der Waals surface area contributed by atoms with Gasteiger partial charge in [0.2, 0.25) is 5.91 Å². The maximum Gasteiger partial charge on any atom is 0.225 e. The van der Waals surface area contributed by atoms with Crippen molar-refractivity contribution in [3.05, 3.63) is 51.1 Å². The van der Waals surface area contributed by atoms with E-state index in [1.807, 2.05) is 29.7 Å². The van der Waals surface area contributed by atoms with Crippen LogP contribution in [-0.2, 0) is 17.6 Å². The second-order valence-corrected chi connectivity index (χ2v) is 9.66. The van der Waals surface area contributed by atoms with E-state index in [2.05, 4.69) is 21.6 Å². The highest BCUT2D eigenvalue weighted by Gasteiger charge is 2.21. The Labute approximate surface area is 188 Å². The van der Waals surface area contributed by atoms with Gasteiger partial charge in [-0.2, -0.15) is 5.26 Å². The summed E-state index contributed by atoms with van der Waals surface area (Å²) in [7, 11) is 0. The maximum atomic E-state index is 12.5. The summed E-state index contributed by atoms with van der Waals surface area (Å²) >= 11 is 9.24. The minimum Gasteiger partial charge on any atom is -0.317 e. The monoisotopic (exact) mass is 457 g/mol. The number of nitrogens with zero attached hydrogens (tertiary/aromatic N) is 4. The Hall–Kier alpha value is -2.34. The highest BCUT2D eigenvalue weighted by Crippen LogP contribution is 2.37. The van der Waals surface area contributed by atoms with Crippen LogP contribution in [0.1, 0.15) is 40.8 Å². The quantitative estimate of drug-likeness (QED) is 0.516. The van der Waals surface area contributed by atoms with Gasteiger partial charge in [0.25, 0.3) is 0 Å². The zero-order valence-electron chi connectivity index (χ0n) is 16.4. The van der Waals surface area contributed by atoms with E-state index in [-0.39, 0.29) is 5.91 Å². The second-order valence-electron chi connectivity index (χ2n) is 7.09. The molecule has 4 rings (SSSR count). The molecule has 2 heterocycles. The lowest BCUT2D eigenvalue weighted by molar-refractivity contribution is -0.115. The number of halogens is 1. The van der Waals surface area contributed by atoms with E-state index >= 15 is 0 Å². The SMILES string of the molecule is Cc1ccc(-n2cnnc2SCCC(=O)Nc2sc3c(c2C#N)CCCC3)cc1Cl. The first-order valence-corrected chi connectivity index (χ1v) is 11.9. The molecule has 0 radical (unpaired) electrons. The molecular formula is C21H20ClN5OS2. The number of carbonyl (C=O) groups is 1. The van der Waals surface area contributed by atoms with Gasteiger partial charge in [0.05, 0.1) is 11.3 Å². The summed E-state index contributed by atoms with van der Waals surface area (Å²) in [6, 6.07) is 8.07. The van der Waals surface area contributed by atoms with Gasteiger partial charge in [-0.3, -0.25) is 9.36 Å². The Morgan fingerprint density at radius 2 is 2.23 bits per heavy atom. The number of carbonyl (C=O) groups excluding carboxylic acids is 1. The molecule has 30 heavy (non-hydrogen) atoms. The Morgan fingerprint density at radius 3 is 3.03 bits per heavy atom. The first kappa shape index (κ1) is 20.9.